The fourth-order valence-electron chi connectivity index (χ4n) is 2.55. The topological polar surface area (TPSA) is 15.3 Å². The van der Waals surface area contributed by atoms with E-state index in [4.69, 9.17) is 0 Å². The van der Waals surface area contributed by atoms with Crippen LogP contribution in [0.15, 0.2) is 0 Å². The molecule has 0 radical (unpaired) electrons. The summed E-state index contributed by atoms with van der Waals surface area (Å²) in [6.45, 7) is 3.81. The fraction of sp³-hybridized carbons (Fsp3) is 1.00. The molecule has 0 aromatic heterocycles. The van der Waals surface area contributed by atoms with Gasteiger partial charge >= 0.3 is 0 Å². The molecule has 0 bridgehead atoms. The highest BCUT2D eigenvalue weighted by atomic mass is 15.2. The molecule has 0 spiro atoms. The predicted octanol–water partition coefficient (Wildman–Crippen LogP) is 0.690. The summed E-state index contributed by atoms with van der Waals surface area (Å²) in [5, 5.41) is 3.48. The van der Waals surface area contributed by atoms with Crippen LogP contribution in [0, 0.1) is 5.92 Å². The molecule has 2 heterocycles. The van der Waals surface area contributed by atoms with Crippen molar-refractivity contribution in [2.24, 2.45) is 5.92 Å². The molecular formula is C9H18N2. The van der Waals surface area contributed by atoms with Gasteiger partial charge in [0, 0.05) is 6.04 Å². The van der Waals surface area contributed by atoms with Gasteiger partial charge in [0.05, 0.1) is 0 Å². The van der Waals surface area contributed by atoms with E-state index in [1.807, 2.05) is 0 Å². The number of rotatable bonds is 0. The highest BCUT2D eigenvalue weighted by Gasteiger charge is 2.30. The van der Waals surface area contributed by atoms with E-state index in [0.717, 1.165) is 12.0 Å². The first-order valence-corrected chi connectivity index (χ1v) is 4.79. The first kappa shape index (κ1) is 7.56. The van der Waals surface area contributed by atoms with Crippen molar-refractivity contribution < 1.29 is 0 Å². The van der Waals surface area contributed by atoms with Gasteiger partial charge in [-0.25, -0.2) is 0 Å². The second-order valence-electron chi connectivity index (χ2n) is 3.94. The van der Waals surface area contributed by atoms with Gasteiger partial charge in [0.15, 0.2) is 0 Å². The predicted molar refractivity (Wildman–Crippen MR) is 46.6 cm³/mol. The van der Waals surface area contributed by atoms with Crippen LogP contribution in [0.1, 0.15) is 19.3 Å². The highest BCUT2D eigenvalue weighted by molar-refractivity contribution is 4.87. The maximum absolute atomic E-state index is 3.48. The first-order valence-electron chi connectivity index (χ1n) is 4.79. The van der Waals surface area contributed by atoms with E-state index in [0.29, 0.717) is 0 Å². The van der Waals surface area contributed by atoms with Crippen LogP contribution in [0.2, 0.25) is 0 Å². The lowest BCUT2D eigenvalue weighted by Crippen LogP contribution is -2.51. The van der Waals surface area contributed by atoms with E-state index in [1.54, 1.807) is 0 Å². The van der Waals surface area contributed by atoms with Gasteiger partial charge < -0.3 is 10.2 Å². The fourth-order valence-corrected chi connectivity index (χ4v) is 2.55. The largest absolute Gasteiger partial charge is 0.316 e. The van der Waals surface area contributed by atoms with Crippen molar-refractivity contribution in [3.63, 3.8) is 0 Å². The summed E-state index contributed by atoms with van der Waals surface area (Å²) in [6.07, 6.45) is 4.21. The van der Waals surface area contributed by atoms with E-state index in [-0.39, 0.29) is 0 Å². The third kappa shape index (κ3) is 1.42. The van der Waals surface area contributed by atoms with Crippen LogP contribution >= 0.6 is 0 Å². The molecule has 2 aliphatic rings. The molecule has 0 saturated carbocycles. The standard InChI is InChI=1S/C9H18N2/c1-11-6-2-3-8-7-10-5-4-9(8)11/h8-10H,2-7H2,1H3. The van der Waals surface area contributed by atoms with Gasteiger partial charge in [-0.15, -0.1) is 0 Å². The van der Waals surface area contributed by atoms with Crippen molar-refractivity contribution in [1.82, 2.24) is 10.2 Å². The molecule has 2 heteroatoms. The molecule has 2 fully saturated rings. The zero-order chi connectivity index (χ0) is 7.68. The summed E-state index contributed by atoms with van der Waals surface area (Å²) in [6, 6.07) is 0.894. The number of piperidine rings is 2. The van der Waals surface area contributed by atoms with E-state index in [9.17, 15) is 0 Å². The summed E-state index contributed by atoms with van der Waals surface area (Å²) < 4.78 is 0. The van der Waals surface area contributed by atoms with Crippen LogP contribution in [0.25, 0.3) is 0 Å². The Kier molecular flexibility index (Phi) is 2.14. The molecule has 0 aliphatic carbocycles. The molecule has 64 valence electrons. The van der Waals surface area contributed by atoms with E-state index < -0.39 is 0 Å². The Balaban J connectivity index is 1.99. The number of nitrogens with zero attached hydrogens (tertiary/aromatic N) is 1. The van der Waals surface area contributed by atoms with Crippen molar-refractivity contribution in [2.75, 3.05) is 26.7 Å². The summed E-state index contributed by atoms with van der Waals surface area (Å²) >= 11 is 0. The second-order valence-corrected chi connectivity index (χ2v) is 3.94. The van der Waals surface area contributed by atoms with E-state index >= 15 is 0 Å². The molecule has 11 heavy (non-hydrogen) atoms. The monoisotopic (exact) mass is 154 g/mol. The zero-order valence-corrected chi connectivity index (χ0v) is 7.34. The van der Waals surface area contributed by atoms with Gasteiger partial charge in [0.1, 0.15) is 0 Å². The van der Waals surface area contributed by atoms with Crippen molar-refractivity contribution in [3.8, 4) is 0 Å². The molecule has 0 amide bonds. The van der Waals surface area contributed by atoms with E-state index in [2.05, 4.69) is 17.3 Å². The average Bonchev–Trinajstić information content (AvgIpc) is 2.06. The summed E-state index contributed by atoms with van der Waals surface area (Å²) in [5.41, 5.74) is 0. The average molecular weight is 154 g/mol. The molecule has 2 unspecified atom stereocenters. The molecule has 0 aromatic rings. The SMILES string of the molecule is CN1CCCC2CNCCC21. The Morgan fingerprint density at radius 3 is 3.09 bits per heavy atom. The van der Waals surface area contributed by atoms with Crippen molar-refractivity contribution >= 4 is 0 Å². The molecule has 2 saturated heterocycles. The maximum atomic E-state index is 3.48. The highest BCUT2D eigenvalue weighted by Crippen LogP contribution is 2.25. The molecule has 0 aromatic carbocycles. The molecule has 2 atom stereocenters. The van der Waals surface area contributed by atoms with Crippen molar-refractivity contribution in [2.45, 2.75) is 25.3 Å². The lowest BCUT2D eigenvalue weighted by Gasteiger charge is -2.42. The Bertz CT molecular complexity index is 134. The maximum Gasteiger partial charge on any atom is 0.0145 e. The summed E-state index contributed by atoms with van der Waals surface area (Å²) in [4.78, 5) is 2.55. The molecule has 2 rings (SSSR count). The minimum absolute atomic E-state index is 0.894. The minimum atomic E-state index is 0.894. The van der Waals surface area contributed by atoms with Crippen LogP contribution < -0.4 is 5.32 Å². The van der Waals surface area contributed by atoms with Crippen LogP contribution in [-0.2, 0) is 0 Å². The number of nitrogens with one attached hydrogen (secondary N) is 1. The van der Waals surface area contributed by atoms with Crippen LogP contribution in [0.4, 0.5) is 0 Å². The van der Waals surface area contributed by atoms with Gasteiger partial charge in [-0.1, -0.05) is 0 Å². The second kappa shape index (κ2) is 3.11. The molecule has 2 nitrogen and oxygen atoms in total. The third-order valence-corrected chi connectivity index (χ3v) is 3.22. The third-order valence-electron chi connectivity index (χ3n) is 3.22. The van der Waals surface area contributed by atoms with Gasteiger partial charge in [0.25, 0.3) is 0 Å². The minimum Gasteiger partial charge on any atom is -0.316 e. The molecule has 1 N–H and O–H groups in total. The van der Waals surface area contributed by atoms with Crippen LogP contribution in [0.3, 0.4) is 0 Å². The van der Waals surface area contributed by atoms with Gasteiger partial charge in [-0.2, -0.15) is 0 Å². The molecule has 2 aliphatic heterocycles. The van der Waals surface area contributed by atoms with Gasteiger partial charge in [-0.3, -0.25) is 0 Å². The van der Waals surface area contributed by atoms with Gasteiger partial charge in [-0.05, 0) is 51.9 Å². The van der Waals surface area contributed by atoms with Gasteiger partial charge in [0.2, 0.25) is 0 Å². The number of hydrogen-bond acceptors (Lipinski definition) is 2. The Morgan fingerprint density at radius 1 is 1.36 bits per heavy atom. The summed E-state index contributed by atoms with van der Waals surface area (Å²) in [5.74, 6) is 0.947. The van der Waals surface area contributed by atoms with Crippen LogP contribution in [-0.4, -0.2) is 37.6 Å². The smallest absolute Gasteiger partial charge is 0.0145 e. The Morgan fingerprint density at radius 2 is 2.27 bits per heavy atom. The normalized spacial score (nSPS) is 40.1. The Labute approximate surface area is 69.0 Å². The van der Waals surface area contributed by atoms with E-state index in [1.165, 1.54) is 38.9 Å². The van der Waals surface area contributed by atoms with Crippen molar-refractivity contribution in [1.29, 1.82) is 0 Å². The molecular weight excluding hydrogens is 136 g/mol. The number of hydrogen-bond donors (Lipinski definition) is 1. The lowest BCUT2D eigenvalue weighted by molar-refractivity contribution is 0.0933. The van der Waals surface area contributed by atoms with Crippen LogP contribution in [0.5, 0.6) is 0 Å². The lowest BCUT2D eigenvalue weighted by atomic mass is 9.85. The quantitative estimate of drug-likeness (QED) is 0.552. The van der Waals surface area contributed by atoms with Crippen molar-refractivity contribution in [3.05, 3.63) is 0 Å². The number of likely N-dealkylation sites (tertiary alicyclic amines) is 1. The zero-order valence-electron chi connectivity index (χ0n) is 7.34. The first-order chi connectivity index (χ1) is 5.38. The summed E-state index contributed by atoms with van der Waals surface area (Å²) in [7, 11) is 2.28. The number of fused-ring (bicyclic) bond motifs is 1. The Hall–Kier alpha value is -0.0800.